The van der Waals surface area contributed by atoms with Gasteiger partial charge in [0.2, 0.25) is 5.90 Å². The largest absolute Gasteiger partial charge is 0.466 e. The molecule has 132 valence electrons. The Balaban J connectivity index is 2.21. The van der Waals surface area contributed by atoms with Gasteiger partial charge in [0.25, 0.3) is 0 Å². The average molecular weight is 345 g/mol. The van der Waals surface area contributed by atoms with Crippen LogP contribution < -0.4 is 0 Å². The van der Waals surface area contributed by atoms with Gasteiger partial charge in [-0.3, -0.25) is 9.59 Å². The molecule has 7 nitrogen and oxygen atoms in total. The van der Waals surface area contributed by atoms with E-state index in [4.69, 9.17) is 14.2 Å². The van der Waals surface area contributed by atoms with Gasteiger partial charge in [0.1, 0.15) is 0 Å². The Morgan fingerprint density at radius 2 is 1.56 bits per heavy atom. The fourth-order valence-corrected chi connectivity index (χ4v) is 2.23. The lowest BCUT2D eigenvalue weighted by Crippen LogP contribution is -2.10. The van der Waals surface area contributed by atoms with E-state index >= 15 is 0 Å². The Morgan fingerprint density at radius 3 is 2.08 bits per heavy atom. The lowest BCUT2D eigenvalue weighted by Gasteiger charge is -2.09. The zero-order valence-corrected chi connectivity index (χ0v) is 14.1. The van der Waals surface area contributed by atoms with Crippen molar-refractivity contribution in [3.63, 3.8) is 0 Å². The van der Waals surface area contributed by atoms with Crippen LogP contribution in [0.15, 0.2) is 46.6 Å². The highest BCUT2D eigenvalue weighted by Gasteiger charge is 2.27. The van der Waals surface area contributed by atoms with E-state index in [9.17, 15) is 14.4 Å². The number of esters is 3. The molecule has 0 N–H and O–H groups in total. The predicted octanol–water partition coefficient (Wildman–Crippen LogP) is 2.15. The minimum atomic E-state index is -0.570. The van der Waals surface area contributed by atoms with Gasteiger partial charge >= 0.3 is 17.9 Å². The summed E-state index contributed by atoms with van der Waals surface area (Å²) >= 11 is 0. The Bertz CT molecular complexity index is 698. The Hall–Kier alpha value is -2.96. The molecular formula is C18H19NO6. The fourth-order valence-electron chi connectivity index (χ4n) is 2.23. The van der Waals surface area contributed by atoms with Crippen molar-refractivity contribution in [2.24, 2.45) is 4.99 Å². The molecule has 0 fully saturated rings. The van der Waals surface area contributed by atoms with Gasteiger partial charge in [-0.15, -0.1) is 0 Å². The van der Waals surface area contributed by atoms with Crippen LogP contribution in [0, 0.1) is 0 Å². The number of hydrogen-bond donors (Lipinski definition) is 0. The van der Waals surface area contributed by atoms with Crippen molar-refractivity contribution in [3.8, 4) is 0 Å². The van der Waals surface area contributed by atoms with Gasteiger partial charge in [0, 0.05) is 32.3 Å². The third-order valence-electron chi connectivity index (χ3n) is 3.37. The standard InChI is InChI=1S/C18H19NO6/c1-12(20)23-10-8-14(9-11-24-13(2)21)16-18(22)25-17(19-16)15-6-4-3-5-7-15/h3-7H,8-11H2,1-2H3. The molecule has 2 rings (SSSR count). The van der Waals surface area contributed by atoms with Crippen molar-refractivity contribution < 1.29 is 28.6 Å². The Kier molecular flexibility index (Phi) is 6.45. The molecule has 0 unspecified atom stereocenters. The Morgan fingerprint density at radius 1 is 1.00 bits per heavy atom. The summed E-state index contributed by atoms with van der Waals surface area (Å²) in [6.45, 7) is 2.83. The van der Waals surface area contributed by atoms with Crippen LogP contribution >= 0.6 is 0 Å². The zero-order chi connectivity index (χ0) is 18.2. The first-order valence-electron chi connectivity index (χ1n) is 7.82. The molecule has 0 bridgehead atoms. The number of benzene rings is 1. The van der Waals surface area contributed by atoms with Gasteiger partial charge in [-0.2, -0.15) is 0 Å². The summed E-state index contributed by atoms with van der Waals surface area (Å²) in [5, 5.41) is 0. The first-order valence-corrected chi connectivity index (χ1v) is 7.82. The van der Waals surface area contributed by atoms with Crippen LogP contribution in [0.3, 0.4) is 0 Å². The van der Waals surface area contributed by atoms with Crippen LogP contribution in [0.5, 0.6) is 0 Å². The predicted molar refractivity (Wildman–Crippen MR) is 88.6 cm³/mol. The topological polar surface area (TPSA) is 91.3 Å². The van der Waals surface area contributed by atoms with Crippen molar-refractivity contribution in [1.82, 2.24) is 0 Å². The molecule has 0 spiro atoms. The Labute approximate surface area is 145 Å². The second kappa shape index (κ2) is 8.77. The minimum absolute atomic E-state index is 0.109. The van der Waals surface area contributed by atoms with Crippen LogP contribution in [0.25, 0.3) is 0 Å². The van der Waals surface area contributed by atoms with E-state index in [-0.39, 0.29) is 24.8 Å². The lowest BCUT2D eigenvalue weighted by atomic mass is 10.1. The molecule has 0 saturated heterocycles. The van der Waals surface area contributed by atoms with Crippen LogP contribution in [0.1, 0.15) is 32.3 Å². The number of carbonyl (C=O) groups excluding carboxylic acids is 3. The molecule has 25 heavy (non-hydrogen) atoms. The molecule has 0 atom stereocenters. The highest BCUT2D eigenvalue weighted by atomic mass is 16.6. The molecule has 1 heterocycles. The molecule has 0 amide bonds. The van der Waals surface area contributed by atoms with Gasteiger partial charge < -0.3 is 14.2 Å². The fraction of sp³-hybridized carbons (Fsp3) is 0.333. The van der Waals surface area contributed by atoms with Crippen molar-refractivity contribution in [2.75, 3.05) is 13.2 Å². The number of aliphatic imine (C=N–C) groups is 1. The number of carbonyl (C=O) groups is 3. The lowest BCUT2D eigenvalue weighted by molar-refractivity contribution is -0.141. The quantitative estimate of drug-likeness (QED) is 0.427. The van der Waals surface area contributed by atoms with Crippen molar-refractivity contribution in [3.05, 3.63) is 47.2 Å². The van der Waals surface area contributed by atoms with Gasteiger partial charge in [0.05, 0.1) is 13.2 Å². The number of cyclic esters (lactones) is 1. The third-order valence-corrected chi connectivity index (χ3v) is 3.37. The van der Waals surface area contributed by atoms with Crippen LogP contribution in [-0.4, -0.2) is 37.0 Å². The maximum absolute atomic E-state index is 12.2. The number of rotatable bonds is 7. The van der Waals surface area contributed by atoms with E-state index in [1.54, 1.807) is 12.1 Å². The van der Waals surface area contributed by atoms with E-state index in [0.717, 1.165) is 0 Å². The van der Waals surface area contributed by atoms with E-state index in [2.05, 4.69) is 4.99 Å². The van der Waals surface area contributed by atoms with Crippen molar-refractivity contribution in [1.29, 1.82) is 0 Å². The molecule has 0 aliphatic carbocycles. The van der Waals surface area contributed by atoms with E-state index in [1.165, 1.54) is 13.8 Å². The highest BCUT2D eigenvalue weighted by molar-refractivity contribution is 6.11. The second-order valence-corrected chi connectivity index (χ2v) is 5.30. The highest BCUT2D eigenvalue weighted by Crippen LogP contribution is 2.23. The molecule has 1 aromatic carbocycles. The number of hydrogen-bond acceptors (Lipinski definition) is 7. The summed E-state index contributed by atoms with van der Waals surface area (Å²) in [5.41, 5.74) is 1.46. The van der Waals surface area contributed by atoms with Crippen LogP contribution in [-0.2, 0) is 28.6 Å². The van der Waals surface area contributed by atoms with Crippen LogP contribution in [0.2, 0.25) is 0 Å². The molecule has 1 aliphatic heterocycles. The molecule has 0 radical (unpaired) electrons. The molecule has 0 saturated carbocycles. The van der Waals surface area contributed by atoms with Gasteiger partial charge in [-0.05, 0) is 17.7 Å². The van der Waals surface area contributed by atoms with Gasteiger partial charge in [0.15, 0.2) is 5.70 Å². The summed E-state index contributed by atoms with van der Waals surface area (Å²) in [6.07, 6.45) is 0.605. The monoisotopic (exact) mass is 345 g/mol. The van der Waals surface area contributed by atoms with E-state index < -0.39 is 17.9 Å². The summed E-state index contributed by atoms with van der Waals surface area (Å²) in [7, 11) is 0. The maximum atomic E-state index is 12.2. The molecular weight excluding hydrogens is 326 g/mol. The SMILES string of the molecule is CC(=O)OCCC(CCOC(C)=O)=C1N=C(c2ccccc2)OC1=O. The van der Waals surface area contributed by atoms with Gasteiger partial charge in [-0.1, -0.05) is 18.2 Å². The molecule has 1 aromatic rings. The summed E-state index contributed by atoms with van der Waals surface area (Å²) in [5.74, 6) is -1.17. The average Bonchev–Trinajstić information content (AvgIpc) is 2.95. The zero-order valence-electron chi connectivity index (χ0n) is 14.1. The number of ether oxygens (including phenoxy) is 3. The summed E-state index contributed by atoms with van der Waals surface area (Å²) in [6, 6.07) is 9.05. The van der Waals surface area contributed by atoms with Crippen LogP contribution in [0.4, 0.5) is 0 Å². The molecule has 1 aliphatic rings. The molecule has 7 heteroatoms. The maximum Gasteiger partial charge on any atom is 0.363 e. The van der Waals surface area contributed by atoms with E-state index in [1.807, 2.05) is 18.2 Å². The van der Waals surface area contributed by atoms with Crippen molar-refractivity contribution >= 4 is 23.8 Å². The number of nitrogens with zero attached hydrogens (tertiary/aromatic N) is 1. The smallest absolute Gasteiger partial charge is 0.363 e. The summed E-state index contributed by atoms with van der Waals surface area (Å²) < 4.78 is 15.1. The summed E-state index contributed by atoms with van der Waals surface area (Å²) in [4.78, 5) is 38.3. The molecule has 0 aromatic heterocycles. The van der Waals surface area contributed by atoms with E-state index in [0.29, 0.717) is 24.0 Å². The first-order chi connectivity index (χ1) is 12.0. The second-order valence-electron chi connectivity index (χ2n) is 5.30. The van der Waals surface area contributed by atoms with Crippen molar-refractivity contribution in [2.45, 2.75) is 26.7 Å². The third kappa shape index (κ3) is 5.56. The first kappa shape index (κ1) is 18.4. The normalized spacial score (nSPS) is 13.1. The van der Waals surface area contributed by atoms with Gasteiger partial charge in [-0.25, -0.2) is 9.79 Å². The minimum Gasteiger partial charge on any atom is -0.466 e.